The van der Waals surface area contributed by atoms with E-state index in [-0.39, 0.29) is 24.1 Å². The standard InChI is InChI=1S/C12H22N2O4/c1-7(2)14-11(15)8(3)13-6-9-4-5-10(18-9)12(16)17/h7-10,13H,4-6H2,1-3H3,(H,14,15)(H,16,17). The Kier molecular flexibility index (Phi) is 5.55. The van der Waals surface area contributed by atoms with Crippen LogP contribution in [0, 0.1) is 0 Å². The average Bonchev–Trinajstić information content (AvgIpc) is 2.73. The summed E-state index contributed by atoms with van der Waals surface area (Å²) >= 11 is 0. The van der Waals surface area contributed by atoms with E-state index in [0.717, 1.165) is 0 Å². The molecule has 0 radical (unpaired) electrons. The molecule has 0 spiro atoms. The molecule has 1 aliphatic rings. The maximum absolute atomic E-state index is 11.6. The lowest BCUT2D eigenvalue weighted by Gasteiger charge is -2.18. The van der Waals surface area contributed by atoms with E-state index < -0.39 is 12.1 Å². The van der Waals surface area contributed by atoms with Gasteiger partial charge >= 0.3 is 5.97 Å². The van der Waals surface area contributed by atoms with Gasteiger partial charge in [-0.05, 0) is 33.6 Å². The van der Waals surface area contributed by atoms with Crippen LogP contribution in [0.5, 0.6) is 0 Å². The molecular formula is C12H22N2O4. The Bertz CT molecular complexity index is 306. The van der Waals surface area contributed by atoms with E-state index in [2.05, 4.69) is 10.6 Å². The molecule has 1 saturated heterocycles. The van der Waals surface area contributed by atoms with Crippen LogP contribution in [0.4, 0.5) is 0 Å². The normalized spacial score (nSPS) is 25.1. The minimum Gasteiger partial charge on any atom is -0.479 e. The summed E-state index contributed by atoms with van der Waals surface area (Å²) in [4.78, 5) is 22.3. The Morgan fingerprint density at radius 3 is 2.50 bits per heavy atom. The molecule has 18 heavy (non-hydrogen) atoms. The number of carboxylic acid groups (broad SMARTS) is 1. The number of carboxylic acids is 1. The summed E-state index contributed by atoms with van der Waals surface area (Å²) in [6.07, 6.45) is 0.425. The zero-order valence-corrected chi connectivity index (χ0v) is 11.1. The van der Waals surface area contributed by atoms with Crippen LogP contribution in [-0.2, 0) is 14.3 Å². The topological polar surface area (TPSA) is 87.7 Å². The quantitative estimate of drug-likeness (QED) is 0.630. The Morgan fingerprint density at radius 2 is 2.00 bits per heavy atom. The van der Waals surface area contributed by atoms with Crippen molar-refractivity contribution in [3.63, 3.8) is 0 Å². The van der Waals surface area contributed by atoms with Crippen molar-refractivity contribution in [1.29, 1.82) is 0 Å². The molecule has 104 valence electrons. The highest BCUT2D eigenvalue weighted by Crippen LogP contribution is 2.19. The summed E-state index contributed by atoms with van der Waals surface area (Å²) in [6.45, 7) is 6.09. The van der Waals surface area contributed by atoms with E-state index in [1.54, 1.807) is 6.92 Å². The predicted octanol–water partition coefficient (Wildman–Crippen LogP) is 0.121. The zero-order valence-electron chi connectivity index (χ0n) is 11.1. The van der Waals surface area contributed by atoms with Gasteiger partial charge in [-0.15, -0.1) is 0 Å². The first-order chi connectivity index (χ1) is 8.40. The van der Waals surface area contributed by atoms with Gasteiger partial charge in [-0.1, -0.05) is 0 Å². The average molecular weight is 258 g/mol. The predicted molar refractivity (Wildman–Crippen MR) is 66.3 cm³/mol. The second kappa shape index (κ2) is 6.70. The lowest BCUT2D eigenvalue weighted by molar-refractivity contribution is -0.149. The van der Waals surface area contributed by atoms with E-state index in [1.165, 1.54) is 0 Å². The first-order valence-corrected chi connectivity index (χ1v) is 6.32. The largest absolute Gasteiger partial charge is 0.479 e. The molecule has 0 bridgehead atoms. The Labute approximate surface area is 107 Å². The molecule has 0 aromatic carbocycles. The number of ether oxygens (including phenoxy) is 1. The van der Waals surface area contributed by atoms with Crippen molar-refractivity contribution in [2.75, 3.05) is 6.54 Å². The van der Waals surface area contributed by atoms with Crippen molar-refractivity contribution >= 4 is 11.9 Å². The number of hydrogen-bond donors (Lipinski definition) is 3. The highest BCUT2D eigenvalue weighted by molar-refractivity contribution is 5.81. The second-order valence-electron chi connectivity index (χ2n) is 4.96. The van der Waals surface area contributed by atoms with Gasteiger partial charge in [-0.3, -0.25) is 4.79 Å². The maximum Gasteiger partial charge on any atom is 0.332 e. The van der Waals surface area contributed by atoms with E-state index in [9.17, 15) is 9.59 Å². The fourth-order valence-electron chi connectivity index (χ4n) is 1.85. The van der Waals surface area contributed by atoms with Crippen LogP contribution in [0.2, 0.25) is 0 Å². The SMILES string of the molecule is CC(C)NC(=O)C(C)NCC1CCC(C(=O)O)O1. The third-order valence-electron chi connectivity index (χ3n) is 2.86. The van der Waals surface area contributed by atoms with Crippen LogP contribution in [0.1, 0.15) is 33.6 Å². The number of amides is 1. The summed E-state index contributed by atoms with van der Waals surface area (Å²) in [7, 11) is 0. The first kappa shape index (κ1) is 14.9. The van der Waals surface area contributed by atoms with Crippen LogP contribution in [0.25, 0.3) is 0 Å². The number of carbonyl (C=O) groups is 2. The molecule has 0 aromatic heterocycles. The summed E-state index contributed by atoms with van der Waals surface area (Å²) in [5.74, 6) is -0.971. The third-order valence-corrected chi connectivity index (χ3v) is 2.86. The van der Waals surface area contributed by atoms with Gasteiger partial charge in [0.1, 0.15) is 0 Å². The summed E-state index contributed by atoms with van der Waals surface area (Å²) in [6, 6.07) is -0.194. The highest BCUT2D eigenvalue weighted by atomic mass is 16.5. The molecular weight excluding hydrogens is 236 g/mol. The minimum atomic E-state index is -0.914. The van der Waals surface area contributed by atoms with Gasteiger partial charge in [-0.25, -0.2) is 4.79 Å². The van der Waals surface area contributed by atoms with Crippen LogP contribution in [-0.4, -0.2) is 47.8 Å². The van der Waals surface area contributed by atoms with Gasteiger partial charge in [0.2, 0.25) is 5.91 Å². The summed E-state index contributed by atoms with van der Waals surface area (Å²) in [5.41, 5.74) is 0. The van der Waals surface area contributed by atoms with Crippen molar-refractivity contribution in [3.8, 4) is 0 Å². The van der Waals surface area contributed by atoms with E-state index >= 15 is 0 Å². The van der Waals surface area contributed by atoms with Crippen molar-refractivity contribution in [1.82, 2.24) is 10.6 Å². The maximum atomic E-state index is 11.6. The molecule has 0 saturated carbocycles. The monoisotopic (exact) mass is 258 g/mol. The minimum absolute atomic E-state index is 0.0576. The molecule has 1 amide bonds. The third kappa shape index (κ3) is 4.62. The van der Waals surface area contributed by atoms with Gasteiger partial charge in [0, 0.05) is 12.6 Å². The van der Waals surface area contributed by atoms with Gasteiger partial charge in [-0.2, -0.15) is 0 Å². The number of nitrogens with one attached hydrogen (secondary N) is 2. The molecule has 3 atom stereocenters. The molecule has 0 aromatic rings. The Morgan fingerprint density at radius 1 is 1.33 bits per heavy atom. The van der Waals surface area contributed by atoms with Crippen molar-refractivity contribution in [2.24, 2.45) is 0 Å². The molecule has 1 fully saturated rings. The van der Waals surface area contributed by atoms with E-state index in [0.29, 0.717) is 19.4 Å². The zero-order chi connectivity index (χ0) is 13.7. The van der Waals surface area contributed by atoms with E-state index in [1.807, 2.05) is 13.8 Å². The van der Waals surface area contributed by atoms with Gasteiger partial charge < -0.3 is 20.5 Å². The molecule has 3 N–H and O–H groups in total. The lowest BCUT2D eigenvalue weighted by atomic mass is 10.2. The molecule has 6 heteroatoms. The fourth-order valence-corrected chi connectivity index (χ4v) is 1.85. The molecule has 1 aliphatic heterocycles. The number of aliphatic carboxylic acids is 1. The highest BCUT2D eigenvalue weighted by Gasteiger charge is 2.30. The first-order valence-electron chi connectivity index (χ1n) is 6.32. The number of hydrogen-bond acceptors (Lipinski definition) is 4. The van der Waals surface area contributed by atoms with Crippen molar-refractivity contribution < 1.29 is 19.4 Å². The van der Waals surface area contributed by atoms with Crippen LogP contribution < -0.4 is 10.6 Å². The molecule has 1 rings (SSSR count). The van der Waals surface area contributed by atoms with Crippen molar-refractivity contribution in [2.45, 2.75) is 57.9 Å². The fraction of sp³-hybridized carbons (Fsp3) is 0.833. The lowest BCUT2D eigenvalue weighted by Crippen LogP contribution is -2.46. The van der Waals surface area contributed by atoms with Crippen LogP contribution in [0.3, 0.4) is 0 Å². The van der Waals surface area contributed by atoms with Gasteiger partial charge in [0.15, 0.2) is 6.10 Å². The number of rotatable bonds is 6. The Hall–Kier alpha value is -1.14. The van der Waals surface area contributed by atoms with Gasteiger partial charge in [0.05, 0.1) is 12.1 Å². The Balaban J connectivity index is 2.25. The van der Waals surface area contributed by atoms with Gasteiger partial charge in [0.25, 0.3) is 0 Å². The molecule has 6 nitrogen and oxygen atoms in total. The molecule has 1 heterocycles. The molecule has 0 aliphatic carbocycles. The second-order valence-corrected chi connectivity index (χ2v) is 4.96. The van der Waals surface area contributed by atoms with Crippen LogP contribution >= 0.6 is 0 Å². The smallest absolute Gasteiger partial charge is 0.332 e. The number of carbonyl (C=O) groups excluding carboxylic acids is 1. The van der Waals surface area contributed by atoms with Crippen molar-refractivity contribution in [3.05, 3.63) is 0 Å². The van der Waals surface area contributed by atoms with Crippen LogP contribution in [0.15, 0.2) is 0 Å². The molecule has 3 unspecified atom stereocenters. The van der Waals surface area contributed by atoms with E-state index in [4.69, 9.17) is 9.84 Å². The summed E-state index contributed by atoms with van der Waals surface area (Å²) < 4.78 is 5.34. The summed E-state index contributed by atoms with van der Waals surface area (Å²) in [5, 5.41) is 14.7.